The van der Waals surface area contributed by atoms with Crippen LogP contribution in [-0.4, -0.2) is 45.1 Å². The van der Waals surface area contributed by atoms with Gasteiger partial charge < -0.3 is 15.3 Å². The zero-order chi connectivity index (χ0) is 18.1. The van der Waals surface area contributed by atoms with E-state index in [1.54, 1.807) is 18.6 Å². The summed E-state index contributed by atoms with van der Waals surface area (Å²) >= 11 is 1.44. The summed E-state index contributed by atoms with van der Waals surface area (Å²) in [6.07, 6.45) is 4.08. The molecule has 0 unspecified atom stereocenters. The van der Waals surface area contributed by atoms with Crippen molar-refractivity contribution in [3.8, 4) is 0 Å². The number of hydrogen-bond acceptors (Lipinski definition) is 5. The van der Waals surface area contributed by atoms with Crippen molar-refractivity contribution in [2.45, 2.75) is 5.92 Å². The maximum atomic E-state index is 13.0. The fraction of sp³-hybridized carbons (Fsp3) is 0.222. The van der Waals surface area contributed by atoms with Crippen LogP contribution >= 0.6 is 11.3 Å². The number of nitrogens with zero attached hydrogens (tertiary/aromatic N) is 3. The van der Waals surface area contributed by atoms with Gasteiger partial charge in [0, 0.05) is 59.4 Å². The van der Waals surface area contributed by atoms with Gasteiger partial charge in [-0.05, 0) is 12.1 Å². The van der Waals surface area contributed by atoms with Crippen molar-refractivity contribution in [3.63, 3.8) is 0 Å². The van der Waals surface area contributed by atoms with Crippen molar-refractivity contribution in [2.24, 2.45) is 5.92 Å². The fourth-order valence-electron chi connectivity index (χ4n) is 3.35. The van der Waals surface area contributed by atoms with Crippen molar-refractivity contribution in [1.82, 2.24) is 14.9 Å². The second-order valence-electron chi connectivity index (χ2n) is 6.16. The van der Waals surface area contributed by atoms with Gasteiger partial charge in [-0.25, -0.2) is 9.78 Å². The van der Waals surface area contributed by atoms with Gasteiger partial charge >= 0.3 is 6.09 Å². The maximum absolute atomic E-state index is 13.0. The molecule has 1 aromatic carbocycles. The van der Waals surface area contributed by atoms with Crippen LogP contribution in [0.3, 0.4) is 0 Å². The Kier molecular flexibility index (Phi) is 4.26. The van der Waals surface area contributed by atoms with Gasteiger partial charge in [-0.3, -0.25) is 9.78 Å². The highest BCUT2D eigenvalue weighted by molar-refractivity contribution is 7.09. The number of aromatic nitrogens is 2. The van der Waals surface area contributed by atoms with Crippen LogP contribution in [0.1, 0.15) is 10.9 Å². The van der Waals surface area contributed by atoms with E-state index < -0.39 is 12.0 Å². The Balaban J connectivity index is 1.62. The first-order valence-electron chi connectivity index (χ1n) is 8.14. The molecule has 0 radical (unpaired) electrons. The Bertz CT molecular complexity index is 955. The SMILES string of the molecule is O=C(Nc1cccc2cnccc12)[C@@H]1CN(C(=O)O)C[C@H]1c1nccs1. The van der Waals surface area contributed by atoms with E-state index in [0.29, 0.717) is 5.69 Å². The van der Waals surface area contributed by atoms with Gasteiger partial charge in [0.05, 0.1) is 10.9 Å². The number of benzene rings is 1. The Hall–Kier alpha value is -3.00. The maximum Gasteiger partial charge on any atom is 0.407 e. The molecule has 2 amide bonds. The molecule has 4 rings (SSSR count). The predicted molar refractivity (Wildman–Crippen MR) is 98.3 cm³/mol. The summed E-state index contributed by atoms with van der Waals surface area (Å²) in [6, 6.07) is 7.47. The highest BCUT2D eigenvalue weighted by atomic mass is 32.1. The lowest BCUT2D eigenvalue weighted by Gasteiger charge is -2.16. The number of rotatable bonds is 3. The van der Waals surface area contributed by atoms with Crippen LogP contribution < -0.4 is 5.32 Å². The summed E-state index contributed by atoms with van der Waals surface area (Å²) in [7, 11) is 0. The van der Waals surface area contributed by atoms with Crippen LogP contribution in [0.15, 0.2) is 48.2 Å². The molecular weight excluding hydrogens is 352 g/mol. The topological polar surface area (TPSA) is 95.4 Å². The highest BCUT2D eigenvalue weighted by Crippen LogP contribution is 2.35. The largest absolute Gasteiger partial charge is 0.465 e. The number of amides is 2. The molecule has 0 bridgehead atoms. The number of carbonyl (C=O) groups is 2. The summed E-state index contributed by atoms with van der Waals surface area (Å²) in [5, 5.41) is 16.8. The second kappa shape index (κ2) is 6.72. The Morgan fingerprint density at radius 2 is 2.12 bits per heavy atom. The number of fused-ring (bicyclic) bond motifs is 1. The first kappa shape index (κ1) is 16.5. The third kappa shape index (κ3) is 2.99. The molecule has 3 heterocycles. The summed E-state index contributed by atoms with van der Waals surface area (Å²) in [6.45, 7) is 0.443. The van der Waals surface area contributed by atoms with Crippen LogP contribution in [0, 0.1) is 5.92 Å². The molecule has 1 fully saturated rings. The smallest absolute Gasteiger partial charge is 0.407 e. The molecule has 0 spiro atoms. The van der Waals surface area contributed by atoms with Crippen LogP contribution in [0.25, 0.3) is 10.8 Å². The lowest BCUT2D eigenvalue weighted by molar-refractivity contribution is -0.119. The van der Waals surface area contributed by atoms with Crippen molar-refractivity contribution >= 4 is 39.8 Å². The number of likely N-dealkylation sites (tertiary alicyclic amines) is 1. The summed E-state index contributed by atoms with van der Waals surface area (Å²) in [5.74, 6) is -0.907. The van der Waals surface area contributed by atoms with Gasteiger partial charge in [0.25, 0.3) is 0 Å². The van der Waals surface area contributed by atoms with Crippen LogP contribution in [-0.2, 0) is 4.79 Å². The molecule has 2 atom stereocenters. The number of carbonyl (C=O) groups excluding carboxylic acids is 1. The summed E-state index contributed by atoms with van der Waals surface area (Å²) in [5.41, 5.74) is 0.696. The highest BCUT2D eigenvalue weighted by Gasteiger charge is 2.41. The predicted octanol–water partition coefficient (Wildman–Crippen LogP) is 3.02. The first-order valence-corrected chi connectivity index (χ1v) is 9.02. The minimum Gasteiger partial charge on any atom is -0.465 e. The fourth-order valence-corrected chi connectivity index (χ4v) is 4.15. The monoisotopic (exact) mass is 368 g/mol. The van der Waals surface area contributed by atoms with E-state index in [-0.39, 0.29) is 24.9 Å². The van der Waals surface area contributed by atoms with Gasteiger partial charge in [0.15, 0.2) is 0 Å². The molecule has 8 heteroatoms. The zero-order valence-corrected chi connectivity index (χ0v) is 14.5. The summed E-state index contributed by atoms with van der Waals surface area (Å²) in [4.78, 5) is 34.0. The van der Waals surface area contributed by atoms with Crippen LogP contribution in [0.5, 0.6) is 0 Å². The number of anilines is 1. The third-order valence-electron chi connectivity index (χ3n) is 4.63. The summed E-state index contributed by atoms with van der Waals surface area (Å²) < 4.78 is 0. The van der Waals surface area contributed by atoms with Gasteiger partial charge in [-0.15, -0.1) is 11.3 Å². The van der Waals surface area contributed by atoms with E-state index in [0.717, 1.165) is 15.8 Å². The standard InChI is InChI=1S/C18H16N4O3S/c23-16(21-15-3-1-2-11-8-19-5-4-12(11)15)13-9-22(18(24)25)10-14(13)17-20-6-7-26-17/h1-8,13-14H,9-10H2,(H,21,23)(H,24,25)/t13-,14-/m1/s1. The molecule has 26 heavy (non-hydrogen) atoms. The van der Waals surface area contributed by atoms with Crippen molar-refractivity contribution in [2.75, 3.05) is 18.4 Å². The quantitative estimate of drug-likeness (QED) is 0.741. The molecule has 7 nitrogen and oxygen atoms in total. The minimum atomic E-state index is -1.02. The van der Waals surface area contributed by atoms with Gasteiger partial charge in [-0.2, -0.15) is 0 Å². The van der Waals surface area contributed by atoms with E-state index in [9.17, 15) is 14.7 Å². The molecule has 3 aromatic rings. The van der Waals surface area contributed by atoms with Gasteiger partial charge in [0.2, 0.25) is 5.91 Å². The lowest BCUT2D eigenvalue weighted by atomic mass is 9.95. The first-order chi connectivity index (χ1) is 12.6. The zero-order valence-electron chi connectivity index (χ0n) is 13.7. The van der Waals surface area contributed by atoms with Gasteiger partial charge in [0.1, 0.15) is 0 Å². The third-order valence-corrected chi connectivity index (χ3v) is 5.54. The van der Waals surface area contributed by atoms with Crippen LogP contribution in [0.4, 0.5) is 10.5 Å². The Morgan fingerprint density at radius 3 is 2.88 bits per heavy atom. The average Bonchev–Trinajstić information content (AvgIpc) is 3.31. The molecule has 1 aliphatic rings. The molecule has 0 saturated carbocycles. The molecule has 1 aliphatic heterocycles. The molecular formula is C18H16N4O3S. The van der Waals surface area contributed by atoms with Crippen molar-refractivity contribution in [3.05, 3.63) is 53.2 Å². The van der Waals surface area contributed by atoms with E-state index in [1.165, 1.54) is 16.2 Å². The van der Waals surface area contributed by atoms with E-state index in [2.05, 4.69) is 15.3 Å². The molecule has 2 aromatic heterocycles. The Labute approximate surface area is 153 Å². The van der Waals surface area contributed by atoms with Crippen molar-refractivity contribution < 1.29 is 14.7 Å². The molecule has 1 saturated heterocycles. The van der Waals surface area contributed by atoms with Gasteiger partial charge in [-0.1, -0.05) is 12.1 Å². The normalized spacial score (nSPS) is 19.6. The van der Waals surface area contributed by atoms with E-state index in [1.807, 2.05) is 29.6 Å². The number of thiazole rings is 1. The molecule has 132 valence electrons. The number of pyridine rings is 1. The number of nitrogens with one attached hydrogen (secondary N) is 1. The van der Waals surface area contributed by atoms with Crippen molar-refractivity contribution in [1.29, 1.82) is 0 Å². The lowest BCUT2D eigenvalue weighted by Crippen LogP contribution is -2.30. The average molecular weight is 368 g/mol. The second-order valence-corrected chi connectivity index (χ2v) is 7.09. The minimum absolute atomic E-state index is 0.164. The Morgan fingerprint density at radius 1 is 1.23 bits per heavy atom. The molecule has 0 aliphatic carbocycles. The van der Waals surface area contributed by atoms with E-state index >= 15 is 0 Å². The molecule has 2 N–H and O–H groups in total. The van der Waals surface area contributed by atoms with E-state index in [4.69, 9.17) is 0 Å². The van der Waals surface area contributed by atoms with Crippen LogP contribution in [0.2, 0.25) is 0 Å². The number of hydrogen-bond donors (Lipinski definition) is 2. The number of carboxylic acid groups (broad SMARTS) is 1.